The van der Waals surface area contributed by atoms with Crippen molar-refractivity contribution in [1.29, 1.82) is 0 Å². The van der Waals surface area contributed by atoms with Crippen LogP contribution in [0.5, 0.6) is 11.5 Å². The number of carbonyl (C=O) groups excluding carboxylic acids is 1. The first-order chi connectivity index (χ1) is 15.0. The third-order valence-corrected chi connectivity index (χ3v) is 5.09. The number of halogens is 3. The molecule has 0 aromatic heterocycles. The average Bonchev–Trinajstić information content (AvgIpc) is 2.76. The molecule has 31 heavy (non-hydrogen) atoms. The van der Waals surface area contributed by atoms with Crippen LogP contribution in [0.2, 0.25) is 5.02 Å². The predicted molar refractivity (Wildman–Crippen MR) is 123 cm³/mol. The number of hydrogen-bond donors (Lipinski definition) is 1. The van der Waals surface area contributed by atoms with Crippen LogP contribution in [0, 0.1) is 5.82 Å². The van der Waals surface area contributed by atoms with Gasteiger partial charge in [0.25, 0.3) is 5.91 Å². The fourth-order valence-electron chi connectivity index (χ4n) is 2.60. The van der Waals surface area contributed by atoms with E-state index in [-0.39, 0.29) is 18.3 Å². The quantitative estimate of drug-likeness (QED) is 0.302. The van der Waals surface area contributed by atoms with Gasteiger partial charge in [0.05, 0.1) is 12.8 Å². The van der Waals surface area contributed by atoms with Crippen molar-refractivity contribution in [3.05, 3.63) is 92.7 Å². The first-order valence-electron chi connectivity index (χ1n) is 9.39. The molecule has 0 aliphatic rings. The maximum Gasteiger partial charge on any atom is 0.271 e. The highest BCUT2D eigenvalue weighted by atomic mass is 79.9. The van der Waals surface area contributed by atoms with Crippen molar-refractivity contribution in [3.8, 4) is 11.5 Å². The minimum absolute atomic E-state index is 0.261. The second-order valence-electron chi connectivity index (χ2n) is 6.37. The second-order valence-corrected chi connectivity index (χ2v) is 7.67. The number of nitrogens with zero attached hydrogens (tertiary/aromatic N) is 1. The summed E-state index contributed by atoms with van der Waals surface area (Å²) in [4.78, 5) is 12.1. The standard InChI is InChI=1S/C23H19BrClFN2O3/c1-2-30-21-11-17(13-27-28-23(29)16-5-7-18(25)8-6-16)20(24)12-22(21)31-14-15-3-9-19(26)10-4-15/h3-13H,2,14H2,1H3,(H,28,29)/b27-13-. The van der Waals surface area contributed by atoms with Gasteiger partial charge >= 0.3 is 0 Å². The smallest absolute Gasteiger partial charge is 0.271 e. The van der Waals surface area contributed by atoms with Crippen LogP contribution >= 0.6 is 27.5 Å². The number of rotatable bonds is 8. The molecule has 0 spiro atoms. The van der Waals surface area contributed by atoms with Crippen LogP contribution in [-0.2, 0) is 6.61 Å². The highest BCUT2D eigenvalue weighted by Crippen LogP contribution is 2.33. The molecule has 1 N–H and O–H groups in total. The molecule has 5 nitrogen and oxygen atoms in total. The van der Waals surface area contributed by atoms with Crippen LogP contribution in [0.25, 0.3) is 0 Å². The molecule has 0 aliphatic carbocycles. The Morgan fingerprint density at radius 3 is 2.45 bits per heavy atom. The van der Waals surface area contributed by atoms with Crippen molar-refractivity contribution < 1.29 is 18.7 Å². The Morgan fingerprint density at radius 1 is 1.10 bits per heavy atom. The van der Waals surface area contributed by atoms with Crippen molar-refractivity contribution >= 4 is 39.7 Å². The first kappa shape index (κ1) is 22.8. The summed E-state index contributed by atoms with van der Waals surface area (Å²) in [5.41, 5.74) is 4.44. The first-order valence-corrected chi connectivity index (χ1v) is 10.6. The van der Waals surface area contributed by atoms with Crippen LogP contribution in [0.15, 0.2) is 70.2 Å². The topological polar surface area (TPSA) is 59.9 Å². The van der Waals surface area contributed by atoms with E-state index >= 15 is 0 Å². The van der Waals surface area contributed by atoms with E-state index in [0.717, 1.165) is 5.56 Å². The van der Waals surface area contributed by atoms with Crippen LogP contribution in [0.3, 0.4) is 0 Å². The van der Waals surface area contributed by atoms with Gasteiger partial charge in [-0.2, -0.15) is 5.10 Å². The molecule has 3 aromatic carbocycles. The Labute approximate surface area is 193 Å². The number of ether oxygens (including phenoxy) is 2. The lowest BCUT2D eigenvalue weighted by Gasteiger charge is -2.14. The minimum Gasteiger partial charge on any atom is -0.490 e. The summed E-state index contributed by atoms with van der Waals surface area (Å²) in [6, 6.07) is 16.1. The molecule has 0 saturated heterocycles. The van der Waals surface area contributed by atoms with Gasteiger partial charge in [0, 0.05) is 20.6 Å². The number of nitrogens with one attached hydrogen (secondary N) is 1. The van der Waals surface area contributed by atoms with E-state index in [1.165, 1.54) is 18.3 Å². The van der Waals surface area contributed by atoms with Gasteiger partial charge < -0.3 is 9.47 Å². The van der Waals surface area contributed by atoms with E-state index < -0.39 is 0 Å². The third kappa shape index (κ3) is 6.54. The fourth-order valence-corrected chi connectivity index (χ4v) is 3.15. The van der Waals surface area contributed by atoms with Gasteiger partial charge in [-0.15, -0.1) is 0 Å². The van der Waals surface area contributed by atoms with Crippen molar-refractivity contribution in [2.75, 3.05) is 6.61 Å². The van der Waals surface area contributed by atoms with Gasteiger partial charge in [-0.3, -0.25) is 4.79 Å². The summed E-state index contributed by atoms with van der Waals surface area (Å²) in [7, 11) is 0. The zero-order chi connectivity index (χ0) is 22.2. The van der Waals surface area contributed by atoms with E-state index in [9.17, 15) is 9.18 Å². The van der Waals surface area contributed by atoms with Crippen LogP contribution in [0.4, 0.5) is 4.39 Å². The average molecular weight is 506 g/mol. The molecular weight excluding hydrogens is 487 g/mol. The Morgan fingerprint density at radius 2 is 1.77 bits per heavy atom. The number of hydrogen-bond acceptors (Lipinski definition) is 4. The minimum atomic E-state index is -0.353. The predicted octanol–water partition coefficient (Wildman–Crippen LogP) is 5.98. The molecule has 0 fully saturated rings. The molecule has 0 saturated carbocycles. The number of amides is 1. The van der Waals surface area contributed by atoms with Crippen LogP contribution in [-0.4, -0.2) is 18.7 Å². The number of benzene rings is 3. The van der Waals surface area contributed by atoms with Gasteiger partial charge in [-0.1, -0.05) is 23.7 Å². The molecule has 1 amide bonds. The van der Waals surface area contributed by atoms with Gasteiger partial charge in [0.2, 0.25) is 0 Å². The highest BCUT2D eigenvalue weighted by Gasteiger charge is 2.11. The van der Waals surface area contributed by atoms with E-state index in [0.29, 0.717) is 38.7 Å². The molecule has 0 aliphatic heterocycles. The molecule has 0 unspecified atom stereocenters. The summed E-state index contributed by atoms with van der Waals surface area (Å²) in [5.74, 6) is 0.403. The van der Waals surface area contributed by atoms with Crippen molar-refractivity contribution in [2.24, 2.45) is 5.10 Å². The Hall–Kier alpha value is -2.90. The lowest BCUT2D eigenvalue weighted by molar-refractivity contribution is 0.0955. The molecule has 160 valence electrons. The molecule has 3 aromatic rings. The summed E-state index contributed by atoms with van der Waals surface area (Å²) >= 11 is 9.32. The summed E-state index contributed by atoms with van der Waals surface area (Å²) < 4.78 is 25.3. The summed E-state index contributed by atoms with van der Waals surface area (Å²) in [6.45, 7) is 2.57. The molecule has 0 radical (unpaired) electrons. The third-order valence-electron chi connectivity index (χ3n) is 4.15. The maximum absolute atomic E-state index is 13.1. The maximum atomic E-state index is 13.1. The zero-order valence-corrected chi connectivity index (χ0v) is 18.9. The van der Waals surface area contributed by atoms with E-state index in [4.69, 9.17) is 21.1 Å². The highest BCUT2D eigenvalue weighted by molar-refractivity contribution is 9.10. The molecule has 8 heteroatoms. The van der Waals surface area contributed by atoms with Gasteiger partial charge in [0.15, 0.2) is 11.5 Å². The normalized spacial score (nSPS) is 10.8. The largest absolute Gasteiger partial charge is 0.490 e. The Bertz CT molecular complexity index is 1070. The fraction of sp³-hybridized carbons (Fsp3) is 0.130. The monoisotopic (exact) mass is 504 g/mol. The van der Waals surface area contributed by atoms with Crippen LogP contribution in [0.1, 0.15) is 28.4 Å². The van der Waals surface area contributed by atoms with Gasteiger partial charge in [-0.25, -0.2) is 9.82 Å². The van der Waals surface area contributed by atoms with Crippen molar-refractivity contribution in [1.82, 2.24) is 5.43 Å². The van der Waals surface area contributed by atoms with E-state index in [1.54, 1.807) is 48.5 Å². The lowest BCUT2D eigenvalue weighted by Crippen LogP contribution is -2.17. The second kappa shape index (κ2) is 10.9. The van der Waals surface area contributed by atoms with E-state index in [2.05, 4.69) is 26.5 Å². The van der Waals surface area contributed by atoms with Gasteiger partial charge in [0.1, 0.15) is 12.4 Å². The van der Waals surface area contributed by atoms with Gasteiger partial charge in [-0.05, 0) is 76.9 Å². The molecule has 0 bridgehead atoms. The van der Waals surface area contributed by atoms with Crippen molar-refractivity contribution in [3.63, 3.8) is 0 Å². The molecule has 0 atom stereocenters. The Kier molecular flexibility index (Phi) is 8.03. The number of carbonyl (C=O) groups is 1. The molecule has 0 heterocycles. The molecular formula is C23H19BrClFN2O3. The summed E-state index contributed by atoms with van der Waals surface area (Å²) in [6.07, 6.45) is 1.50. The SMILES string of the molecule is CCOc1cc(/C=N\NC(=O)c2ccc(Cl)cc2)c(Br)cc1OCc1ccc(F)cc1. The Balaban J connectivity index is 1.71. The van der Waals surface area contributed by atoms with Crippen LogP contribution < -0.4 is 14.9 Å². The zero-order valence-electron chi connectivity index (χ0n) is 16.6. The number of hydrazone groups is 1. The van der Waals surface area contributed by atoms with Crippen molar-refractivity contribution in [2.45, 2.75) is 13.5 Å². The molecule has 3 rings (SSSR count). The summed E-state index contributed by atoms with van der Waals surface area (Å²) in [5, 5.41) is 4.56. The van der Waals surface area contributed by atoms with E-state index in [1.807, 2.05) is 6.92 Å². The lowest BCUT2D eigenvalue weighted by atomic mass is 10.2.